The number of carbonyl (C=O) groups excluding carboxylic acids is 1. The number of hydrogen-bond acceptors (Lipinski definition) is 3. The predicted molar refractivity (Wildman–Crippen MR) is 85.5 cm³/mol. The summed E-state index contributed by atoms with van der Waals surface area (Å²) < 4.78 is 1.74. The molecule has 0 radical (unpaired) electrons. The lowest BCUT2D eigenvalue weighted by atomic mass is 9.69. The number of carboxylic acid groups (broad SMARTS) is 2. The van der Waals surface area contributed by atoms with Crippen molar-refractivity contribution in [3.05, 3.63) is 48.7 Å². The van der Waals surface area contributed by atoms with E-state index in [1.165, 1.54) is 0 Å². The monoisotopic (exact) mass is 327 g/mol. The molecule has 1 fully saturated rings. The normalized spacial score (nSPS) is 15.7. The van der Waals surface area contributed by atoms with Crippen molar-refractivity contribution in [2.24, 2.45) is 5.92 Å². The highest BCUT2D eigenvalue weighted by molar-refractivity contribution is 6.16. The van der Waals surface area contributed by atoms with Gasteiger partial charge in [-0.05, 0) is 37.0 Å². The Morgan fingerprint density at radius 2 is 1.58 bits per heavy atom. The maximum atomic E-state index is 12.8. The van der Waals surface area contributed by atoms with Gasteiger partial charge in [0.25, 0.3) is 0 Å². The highest BCUT2D eigenvalue weighted by Gasteiger charge is 2.53. The summed E-state index contributed by atoms with van der Waals surface area (Å²) in [6.45, 7) is 0. The maximum Gasteiger partial charge on any atom is 0.325 e. The standard InChI is InChI=1S/C18H17NO5/c20-15(14(16(21)22)17(23)24)18(9-5-10-18)19-11-4-8-13(19)12-6-2-1-3-7-12/h1-4,6-8,11,14H,5,9-10H2,(H,21,22)(H,23,24). The first-order chi connectivity index (χ1) is 11.5. The number of nitrogens with zero attached hydrogens (tertiary/aromatic N) is 1. The minimum atomic E-state index is -2.05. The Balaban J connectivity index is 2.07. The fourth-order valence-corrected chi connectivity index (χ4v) is 3.31. The van der Waals surface area contributed by atoms with Crippen molar-refractivity contribution in [2.75, 3.05) is 0 Å². The molecule has 0 spiro atoms. The Hall–Kier alpha value is -2.89. The second-order valence-electron chi connectivity index (χ2n) is 5.99. The van der Waals surface area contributed by atoms with Crippen LogP contribution in [-0.2, 0) is 19.9 Å². The van der Waals surface area contributed by atoms with E-state index in [1.54, 1.807) is 16.8 Å². The Labute approximate surface area is 138 Å². The molecule has 1 aliphatic carbocycles. The minimum absolute atomic E-state index is 0.442. The van der Waals surface area contributed by atoms with E-state index in [9.17, 15) is 14.4 Å². The molecule has 6 nitrogen and oxygen atoms in total. The summed E-state index contributed by atoms with van der Waals surface area (Å²) in [6, 6.07) is 13.1. The lowest BCUT2D eigenvalue weighted by Crippen LogP contribution is -2.53. The molecule has 1 aromatic carbocycles. The molecule has 0 saturated heterocycles. The van der Waals surface area contributed by atoms with Crippen molar-refractivity contribution in [3.8, 4) is 11.3 Å². The van der Waals surface area contributed by atoms with Crippen molar-refractivity contribution in [3.63, 3.8) is 0 Å². The van der Waals surface area contributed by atoms with Gasteiger partial charge in [-0.25, -0.2) is 0 Å². The molecule has 2 N–H and O–H groups in total. The summed E-state index contributed by atoms with van der Waals surface area (Å²) in [4.78, 5) is 35.4. The molecular weight excluding hydrogens is 310 g/mol. The van der Waals surface area contributed by atoms with Crippen LogP contribution in [0.4, 0.5) is 0 Å². The SMILES string of the molecule is O=C(O)C(C(=O)O)C(=O)C1(n2cccc2-c2ccccc2)CCC1. The third-order valence-electron chi connectivity index (χ3n) is 4.67. The van der Waals surface area contributed by atoms with Crippen molar-refractivity contribution in [1.82, 2.24) is 4.57 Å². The van der Waals surface area contributed by atoms with Gasteiger partial charge >= 0.3 is 11.9 Å². The molecule has 0 aliphatic heterocycles. The van der Waals surface area contributed by atoms with E-state index in [4.69, 9.17) is 10.2 Å². The highest BCUT2D eigenvalue weighted by Crippen LogP contribution is 2.44. The number of benzene rings is 1. The van der Waals surface area contributed by atoms with E-state index < -0.39 is 29.2 Å². The largest absolute Gasteiger partial charge is 0.480 e. The number of carbonyl (C=O) groups is 3. The van der Waals surface area contributed by atoms with Gasteiger partial charge in [-0.3, -0.25) is 14.4 Å². The summed E-state index contributed by atoms with van der Waals surface area (Å²) in [5, 5.41) is 18.3. The molecule has 1 saturated carbocycles. The van der Waals surface area contributed by atoms with Gasteiger partial charge in [-0.1, -0.05) is 30.3 Å². The van der Waals surface area contributed by atoms with E-state index >= 15 is 0 Å². The number of rotatable bonds is 6. The molecule has 2 aromatic rings. The molecule has 6 heteroatoms. The summed E-state index contributed by atoms with van der Waals surface area (Å²) in [5.74, 6) is -6.04. The van der Waals surface area contributed by atoms with Crippen LogP contribution < -0.4 is 0 Å². The number of ketones is 1. The third kappa shape index (κ3) is 2.40. The van der Waals surface area contributed by atoms with Crippen LogP contribution in [-0.4, -0.2) is 32.5 Å². The summed E-state index contributed by atoms with van der Waals surface area (Å²) in [5.41, 5.74) is 0.567. The Morgan fingerprint density at radius 1 is 0.958 bits per heavy atom. The number of Topliss-reactive ketones (excluding diaryl/α,β-unsaturated/α-hetero) is 1. The predicted octanol–water partition coefficient (Wildman–Crippen LogP) is 2.39. The third-order valence-corrected chi connectivity index (χ3v) is 4.67. The molecule has 124 valence electrons. The molecule has 1 aromatic heterocycles. The van der Waals surface area contributed by atoms with Crippen LogP contribution in [0.5, 0.6) is 0 Å². The average molecular weight is 327 g/mol. The first-order valence-electron chi connectivity index (χ1n) is 7.70. The second kappa shape index (κ2) is 5.96. The Kier molecular flexibility index (Phi) is 3.97. The van der Waals surface area contributed by atoms with Gasteiger partial charge in [0.1, 0.15) is 5.54 Å². The van der Waals surface area contributed by atoms with Crippen molar-refractivity contribution in [2.45, 2.75) is 24.8 Å². The first-order valence-corrected chi connectivity index (χ1v) is 7.70. The molecule has 0 unspecified atom stereocenters. The van der Waals surface area contributed by atoms with Gasteiger partial charge in [-0.2, -0.15) is 0 Å². The second-order valence-corrected chi connectivity index (χ2v) is 5.99. The quantitative estimate of drug-likeness (QED) is 0.794. The first kappa shape index (κ1) is 16.0. The van der Waals surface area contributed by atoms with Crippen LogP contribution >= 0.6 is 0 Å². The zero-order valence-electron chi connectivity index (χ0n) is 12.9. The van der Waals surface area contributed by atoms with Crippen molar-refractivity contribution >= 4 is 17.7 Å². The van der Waals surface area contributed by atoms with E-state index in [-0.39, 0.29) is 0 Å². The van der Waals surface area contributed by atoms with E-state index in [2.05, 4.69) is 0 Å². The average Bonchev–Trinajstić information content (AvgIpc) is 2.96. The van der Waals surface area contributed by atoms with Gasteiger partial charge in [0, 0.05) is 11.9 Å². The van der Waals surface area contributed by atoms with Gasteiger partial charge in [0.2, 0.25) is 5.92 Å². The van der Waals surface area contributed by atoms with Gasteiger partial charge in [-0.15, -0.1) is 0 Å². The molecule has 0 amide bonds. The zero-order valence-corrected chi connectivity index (χ0v) is 12.9. The highest BCUT2D eigenvalue weighted by atomic mass is 16.4. The molecule has 0 bridgehead atoms. The summed E-state index contributed by atoms with van der Waals surface area (Å²) in [6.07, 6.45) is 3.36. The number of carboxylic acids is 2. The van der Waals surface area contributed by atoms with Gasteiger partial charge in [0.05, 0.1) is 0 Å². The smallest absolute Gasteiger partial charge is 0.325 e. The number of aliphatic carboxylic acids is 2. The maximum absolute atomic E-state index is 12.8. The molecule has 1 heterocycles. The minimum Gasteiger partial charge on any atom is -0.480 e. The molecule has 3 rings (SSSR count). The molecule has 24 heavy (non-hydrogen) atoms. The van der Waals surface area contributed by atoms with Gasteiger partial charge < -0.3 is 14.8 Å². The fourth-order valence-electron chi connectivity index (χ4n) is 3.31. The zero-order chi connectivity index (χ0) is 17.3. The van der Waals surface area contributed by atoms with Crippen LogP contribution in [0.1, 0.15) is 19.3 Å². The van der Waals surface area contributed by atoms with Gasteiger partial charge in [0.15, 0.2) is 5.78 Å². The topological polar surface area (TPSA) is 96.6 Å². The fraction of sp³-hybridized carbons (Fsp3) is 0.278. The van der Waals surface area contributed by atoms with E-state index in [0.29, 0.717) is 12.8 Å². The number of hydrogen-bond donors (Lipinski definition) is 2. The van der Waals surface area contributed by atoms with Crippen molar-refractivity contribution in [1.29, 1.82) is 0 Å². The van der Waals surface area contributed by atoms with Crippen molar-refractivity contribution < 1.29 is 24.6 Å². The summed E-state index contributed by atoms with van der Waals surface area (Å²) in [7, 11) is 0. The molecular formula is C18H17NO5. The Bertz CT molecular complexity index is 775. The van der Waals surface area contributed by atoms with Crippen LogP contribution in [0.25, 0.3) is 11.3 Å². The van der Waals surface area contributed by atoms with Crippen LogP contribution in [0.15, 0.2) is 48.7 Å². The van der Waals surface area contributed by atoms with E-state index in [1.807, 2.05) is 36.4 Å². The summed E-state index contributed by atoms with van der Waals surface area (Å²) >= 11 is 0. The Morgan fingerprint density at radius 3 is 2.08 bits per heavy atom. The molecule has 0 atom stereocenters. The van der Waals surface area contributed by atoms with Crippen LogP contribution in [0.2, 0.25) is 0 Å². The van der Waals surface area contributed by atoms with E-state index in [0.717, 1.165) is 17.7 Å². The molecule has 1 aliphatic rings. The van der Waals surface area contributed by atoms with Crippen LogP contribution in [0.3, 0.4) is 0 Å². The lowest BCUT2D eigenvalue weighted by molar-refractivity contribution is -0.161. The van der Waals surface area contributed by atoms with Crippen LogP contribution in [0, 0.1) is 5.92 Å². The number of aromatic nitrogens is 1. The lowest BCUT2D eigenvalue weighted by Gasteiger charge is -2.43.